The Kier molecular flexibility index (Phi) is 4.85. The second-order valence-electron chi connectivity index (χ2n) is 4.53. The highest BCUT2D eigenvalue weighted by molar-refractivity contribution is 6.30. The number of aromatic carboxylic acids is 1. The standard InChI is InChI=1S/C15H14ClN3O3/c16-11-3-5-12(6-4-11)19-15(22)18-8-10-2-1-9(14(20)21)7-13(10)17/h1-7H,8,17H2,(H,20,21)(H2,18,19,22). The molecule has 2 amide bonds. The molecule has 0 aliphatic carbocycles. The van der Waals surface area contributed by atoms with Crippen LogP contribution >= 0.6 is 11.6 Å². The fourth-order valence-corrected chi connectivity index (χ4v) is 1.90. The number of hydrogen-bond acceptors (Lipinski definition) is 3. The monoisotopic (exact) mass is 319 g/mol. The summed E-state index contributed by atoms with van der Waals surface area (Å²) in [5.41, 5.74) is 7.42. The van der Waals surface area contributed by atoms with Gasteiger partial charge in [0.05, 0.1) is 5.56 Å². The maximum atomic E-state index is 11.8. The molecule has 0 spiro atoms. The minimum absolute atomic E-state index is 0.104. The van der Waals surface area contributed by atoms with Gasteiger partial charge >= 0.3 is 12.0 Å². The third-order valence-corrected chi connectivity index (χ3v) is 3.19. The van der Waals surface area contributed by atoms with Gasteiger partial charge in [0, 0.05) is 22.9 Å². The maximum absolute atomic E-state index is 11.8. The highest BCUT2D eigenvalue weighted by Gasteiger charge is 2.07. The average Bonchev–Trinajstić information content (AvgIpc) is 2.48. The zero-order chi connectivity index (χ0) is 16.1. The van der Waals surface area contributed by atoms with Crippen molar-refractivity contribution < 1.29 is 14.7 Å². The third-order valence-electron chi connectivity index (χ3n) is 2.93. The highest BCUT2D eigenvalue weighted by Crippen LogP contribution is 2.15. The molecule has 0 bridgehead atoms. The Hall–Kier alpha value is -2.73. The first kappa shape index (κ1) is 15.7. The van der Waals surface area contributed by atoms with Crippen molar-refractivity contribution in [2.75, 3.05) is 11.1 Å². The minimum Gasteiger partial charge on any atom is -0.478 e. The number of benzene rings is 2. The van der Waals surface area contributed by atoms with Crippen LogP contribution in [-0.2, 0) is 6.54 Å². The predicted molar refractivity (Wildman–Crippen MR) is 85.1 cm³/mol. The summed E-state index contributed by atoms with van der Waals surface area (Å²) in [4.78, 5) is 22.6. The van der Waals surface area contributed by atoms with Crippen LogP contribution < -0.4 is 16.4 Å². The summed E-state index contributed by atoms with van der Waals surface area (Å²) in [5.74, 6) is -1.05. The Bertz CT molecular complexity index is 702. The number of halogens is 1. The summed E-state index contributed by atoms with van der Waals surface area (Å²) in [5, 5.41) is 14.7. The van der Waals surface area contributed by atoms with Crippen molar-refractivity contribution in [1.29, 1.82) is 0 Å². The van der Waals surface area contributed by atoms with Crippen LogP contribution in [0.1, 0.15) is 15.9 Å². The van der Waals surface area contributed by atoms with E-state index in [2.05, 4.69) is 10.6 Å². The minimum atomic E-state index is -1.05. The molecule has 0 radical (unpaired) electrons. The van der Waals surface area contributed by atoms with Gasteiger partial charge in [0.25, 0.3) is 0 Å². The van der Waals surface area contributed by atoms with E-state index in [1.54, 1.807) is 30.3 Å². The Labute approximate surface area is 131 Å². The van der Waals surface area contributed by atoms with Crippen molar-refractivity contribution in [2.24, 2.45) is 0 Å². The van der Waals surface area contributed by atoms with Gasteiger partial charge in [0.15, 0.2) is 0 Å². The van der Waals surface area contributed by atoms with Crippen molar-refractivity contribution in [3.63, 3.8) is 0 Å². The van der Waals surface area contributed by atoms with E-state index in [1.807, 2.05) is 0 Å². The van der Waals surface area contributed by atoms with Crippen LogP contribution in [0.25, 0.3) is 0 Å². The van der Waals surface area contributed by atoms with Crippen LogP contribution in [0.15, 0.2) is 42.5 Å². The van der Waals surface area contributed by atoms with E-state index in [0.29, 0.717) is 22.0 Å². The van der Waals surface area contributed by atoms with Gasteiger partial charge in [-0.2, -0.15) is 0 Å². The SMILES string of the molecule is Nc1cc(C(=O)O)ccc1CNC(=O)Nc1ccc(Cl)cc1. The zero-order valence-electron chi connectivity index (χ0n) is 11.5. The first-order chi connectivity index (χ1) is 10.5. The molecule has 114 valence electrons. The number of nitrogens with one attached hydrogen (secondary N) is 2. The summed E-state index contributed by atoms with van der Waals surface area (Å²) < 4.78 is 0. The Morgan fingerprint density at radius 3 is 2.41 bits per heavy atom. The van der Waals surface area contributed by atoms with E-state index in [0.717, 1.165) is 0 Å². The molecule has 0 atom stereocenters. The first-order valence-corrected chi connectivity index (χ1v) is 6.75. The molecule has 0 saturated carbocycles. The molecule has 7 heteroatoms. The van der Waals surface area contributed by atoms with Crippen molar-refractivity contribution in [3.8, 4) is 0 Å². The number of anilines is 2. The lowest BCUT2D eigenvalue weighted by Crippen LogP contribution is -2.28. The smallest absolute Gasteiger partial charge is 0.335 e. The normalized spacial score (nSPS) is 10.0. The molecule has 5 N–H and O–H groups in total. The number of carboxylic acid groups (broad SMARTS) is 1. The van der Waals surface area contributed by atoms with Gasteiger partial charge in [-0.1, -0.05) is 17.7 Å². The quantitative estimate of drug-likeness (QED) is 0.650. The van der Waals surface area contributed by atoms with E-state index < -0.39 is 12.0 Å². The lowest BCUT2D eigenvalue weighted by Gasteiger charge is -2.10. The molecule has 0 aliphatic rings. The van der Waals surface area contributed by atoms with Crippen molar-refractivity contribution in [1.82, 2.24) is 5.32 Å². The number of urea groups is 1. The summed E-state index contributed by atoms with van der Waals surface area (Å²) in [6.45, 7) is 0.186. The summed E-state index contributed by atoms with van der Waals surface area (Å²) in [6.07, 6.45) is 0. The molecule has 0 fully saturated rings. The molecule has 22 heavy (non-hydrogen) atoms. The second kappa shape index (κ2) is 6.82. The Morgan fingerprint density at radius 1 is 1.14 bits per heavy atom. The van der Waals surface area contributed by atoms with Crippen LogP contribution in [0, 0.1) is 0 Å². The number of carbonyl (C=O) groups excluding carboxylic acids is 1. The molecule has 2 aromatic rings. The van der Waals surface area contributed by atoms with Gasteiger partial charge in [-0.25, -0.2) is 9.59 Å². The van der Waals surface area contributed by atoms with Crippen molar-refractivity contribution >= 4 is 35.0 Å². The highest BCUT2D eigenvalue weighted by atomic mass is 35.5. The summed E-state index contributed by atoms with van der Waals surface area (Å²) in [7, 11) is 0. The van der Waals surface area contributed by atoms with Crippen molar-refractivity contribution in [2.45, 2.75) is 6.54 Å². The second-order valence-corrected chi connectivity index (χ2v) is 4.97. The number of amides is 2. The number of rotatable bonds is 4. The fraction of sp³-hybridized carbons (Fsp3) is 0.0667. The summed E-state index contributed by atoms with van der Waals surface area (Å²) >= 11 is 5.76. The molecule has 0 aromatic heterocycles. The molecule has 2 aromatic carbocycles. The molecular weight excluding hydrogens is 306 g/mol. The predicted octanol–water partition coefficient (Wildman–Crippen LogP) is 2.94. The Balaban J connectivity index is 1.93. The third kappa shape index (κ3) is 4.13. The Morgan fingerprint density at radius 2 is 1.82 bits per heavy atom. The lowest BCUT2D eigenvalue weighted by atomic mass is 10.1. The number of nitrogens with two attached hydrogens (primary N) is 1. The van der Waals surface area contributed by atoms with E-state index in [1.165, 1.54) is 12.1 Å². The van der Waals surface area contributed by atoms with Gasteiger partial charge in [0.1, 0.15) is 0 Å². The molecule has 6 nitrogen and oxygen atoms in total. The van der Waals surface area contributed by atoms with Crippen LogP contribution in [0.3, 0.4) is 0 Å². The molecule has 0 aliphatic heterocycles. The van der Waals surface area contributed by atoms with Gasteiger partial charge in [-0.05, 0) is 42.0 Å². The number of nitrogen functional groups attached to an aromatic ring is 1. The largest absolute Gasteiger partial charge is 0.478 e. The molecule has 2 rings (SSSR count). The lowest BCUT2D eigenvalue weighted by molar-refractivity contribution is 0.0697. The van der Waals surface area contributed by atoms with Crippen LogP contribution in [0.5, 0.6) is 0 Å². The maximum Gasteiger partial charge on any atom is 0.335 e. The van der Waals surface area contributed by atoms with E-state index >= 15 is 0 Å². The summed E-state index contributed by atoms with van der Waals surface area (Å²) in [6, 6.07) is 10.7. The fourth-order valence-electron chi connectivity index (χ4n) is 1.77. The van der Waals surface area contributed by atoms with E-state index in [4.69, 9.17) is 22.4 Å². The first-order valence-electron chi connectivity index (χ1n) is 6.38. The van der Waals surface area contributed by atoms with E-state index in [9.17, 15) is 9.59 Å². The number of hydrogen-bond donors (Lipinski definition) is 4. The van der Waals surface area contributed by atoms with Gasteiger partial charge in [-0.3, -0.25) is 0 Å². The molecule has 0 heterocycles. The van der Waals surface area contributed by atoms with Crippen molar-refractivity contribution in [3.05, 3.63) is 58.6 Å². The molecule has 0 saturated heterocycles. The van der Waals surface area contributed by atoms with Gasteiger partial charge in [0.2, 0.25) is 0 Å². The topological polar surface area (TPSA) is 104 Å². The average molecular weight is 320 g/mol. The molecule has 0 unspecified atom stereocenters. The van der Waals surface area contributed by atoms with Crippen LogP contribution in [0.4, 0.5) is 16.2 Å². The number of carboxylic acids is 1. The zero-order valence-corrected chi connectivity index (χ0v) is 12.2. The van der Waals surface area contributed by atoms with Gasteiger partial charge < -0.3 is 21.5 Å². The number of carbonyl (C=O) groups is 2. The van der Waals surface area contributed by atoms with Gasteiger partial charge in [-0.15, -0.1) is 0 Å². The van der Waals surface area contributed by atoms with E-state index in [-0.39, 0.29) is 12.1 Å². The molecular formula is C15H14ClN3O3. The van der Waals surface area contributed by atoms with Crippen LogP contribution in [0.2, 0.25) is 5.02 Å². The van der Waals surface area contributed by atoms with Crippen LogP contribution in [-0.4, -0.2) is 17.1 Å².